The summed E-state index contributed by atoms with van der Waals surface area (Å²) in [6.07, 6.45) is 4.94. The summed E-state index contributed by atoms with van der Waals surface area (Å²) in [7, 11) is 0. The van der Waals surface area contributed by atoms with Crippen molar-refractivity contribution in [3.05, 3.63) is 35.1 Å². The molecule has 3 rings (SSSR count). The van der Waals surface area contributed by atoms with Crippen LogP contribution in [0.1, 0.15) is 41.6 Å². The van der Waals surface area contributed by atoms with Gasteiger partial charge in [0.1, 0.15) is 5.82 Å². The van der Waals surface area contributed by atoms with Crippen molar-refractivity contribution in [3.63, 3.8) is 0 Å². The SMILES string of the molecule is O=C(O)c1ccc(CN2CCC(CNC3CC3)CC2)c(F)c1. The van der Waals surface area contributed by atoms with Gasteiger partial charge >= 0.3 is 5.97 Å². The molecule has 4 nitrogen and oxygen atoms in total. The summed E-state index contributed by atoms with van der Waals surface area (Å²) in [5.74, 6) is -0.775. The molecule has 1 saturated carbocycles. The molecule has 2 aliphatic rings. The second-order valence-electron chi connectivity index (χ2n) is 6.51. The monoisotopic (exact) mass is 306 g/mol. The normalized spacial score (nSPS) is 20.2. The predicted octanol–water partition coefficient (Wildman–Crippen LogP) is 2.49. The van der Waals surface area contributed by atoms with Crippen LogP contribution in [-0.2, 0) is 6.54 Å². The summed E-state index contributed by atoms with van der Waals surface area (Å²) in [4.78, 5) is 13.1. The lowest BCUT2D eigenvalue weighted by Crippen LogP contribution is -2.37. The number of halogens is 1. The maximum absolute atomic E-state index is 14.0. The molecule has 2 fully saturated rings. The highest BCUT2D eigenvalue weighted by Gasteiger charge is 2.24. The molecule has 2 N–H and O–H groups in total. The third-order valence-corrected chi connectivity index (χ3v) is 4.67. The van der Waals surface area contributed by atoms with E-state index in [1.165, 1.54) is 18.9 Å². The molecule has 1 aliphatic heterocycles. The summed E-state index contributed by atoms with van der Waals surface area (Å²) in [5.41, 5.74) is 0.589. The Morgan fingerprint density at radius 3 is 2.59 bits per heavy atom. The van der Waals surface area contributed by atoms with Crippen molar-refractivity contribution in [1.29, 1.82) is 0 Å². The van der Waals surface area contributed by atoms with Crippen LogP contribution in [0.2, 0.25) is 0 Å². The van der Waals surface area contributed by atoms with Crippen LogP contribution in [0.25, 0.3) is 0 Å². The van der Waals surface area contributed by atoms with Crippen molar-refractivity contribution >= 4 is 5.97 Å². The topological polar surface area (TPSA) is 52.6 Å². The summed E-state index contributed by atoms with van der Waals surface area (Å²) in [6, 6.07) is 4.95. The molecule has 0 atom stereocenters. The van der Waals surface area contributed by atoms with Crippen molar-refractivity contribution in [1.82, 2.24) is 10.2 Å². The molecule has 22 heavy (non-hydrogen) atoms. The van der Waals surface area contributed by atoms with Crippen molar-refractivity contribution in [2.24, 2.45) is 5.92 Å². The third-order valence-electron chi connectivity index (χ3n) is 4.67. The van der Waals surface area contributed by atoms with Crippen molar-refractivity contribution in [3.8, 4) is 0 Å². The molecule has 0 spiro atoms. The highest BCUT2D eigenvalue weighted by molar-refractivity contribution is 5.87. The van der Waals surface area contributed by atoms with Crippen LogP contribution in [0.15, 0.2) is 18.2 Å². The maximum Gasteiger partial charge on any atom is 0.335 e. The van der Waals surface area contributed by atoms with Crippen LogP contribution in [0, 0.1) is 11.7 Å². The Bertz CT molecular complexity index is 537. The number of carbonyl (C=O) groups is 1. The van der Waals surface area contributed by atoms with Gasteiger partial charge in [-0.25, -0.2) is 9.18 Å². The van der Waals surface area contributed by atoms with Crippen molar-refractivity contribution in [2.75, 3.05) is 19.6 Å². The van der Waals surface area contributed by atoms with Crippen LogP contribution in [0.4, 0.5) is 4.39 Å². The number of nitrogens with zero attached hydrogens (tertiary/aromatic N) is 1. The second-order valence-corrected chi connectivity index (χ2v) is 6.51. The van der Waals surface area contributed by atoms with E-state index in [1.54, 1.807) is 6.07 Å². The molecule has 1 saturated heterocycles. The molecule has 0 unspecified atom stereocenters. The smallest absolute Gasteiger partial charge is 0.335 e. The van der Waals surface area contributed by atoms with Gasteiger partial charge < -0.3 is 10.4 Å². The van der Waals surface area contributed by atoms with Gasteiger partial charge in [0.2, 0.25) is 0 Å². The van der Waals surface area contributed by atoms with E-state index in [2.05, 4.69) is 10.2 Å². The van der Waals surface area contributed by atoms with Gasteiger partial charge in [0.05, 0.1) is 5.56 Å². The molecule has 120 valence electrons. The fourth-order valence-electron chi connectivity index (χ4n) is 3.02. The summed E-state index contributed by atoms with van der Waals surface area (Å²) < 4.78 is 14.0. The summed E-state index contributed by atoms with van der Waals surface area (Å²) in [5, 5.41) is 12.4. The third kappa shape index (κ3) is 4.05. The number of hydrogen-bond donors (Lipinski definition) is 2. The largest absolute Gasteiger partial charge is 0.478 e. The quantitative estimate of drug-likeness (QED) is 0.848. The fourth-order valence-corrected chi connectivity index (χ4v) is 3.02. The van der Waals surface area contributed by atoms with Gasteiger partial charge in [-0.05, 0) is 63.4 Å². The molecule has 1 aliphatic carbocycles. The Morgan fingerprint density at radius 1 is 1.27 bits per heavy atom. The number of piperidine rings is 1. The van der Waals surface area contributed by atoms with Gasteiger partial charge in [-0.1, -0.05) is 6.07 Å². The molecule has 0 amide bonds. The second kappa shape index (κ2) is 6.75. The Morgan fingerprint density at radius 2 is 2.00 bits per heavy atom. The minimum Gasteiger partial charge on any atom is -0.478 e. The number of nitrogens with one attached hydrogen (secondary N) is 1. The van der Waals surface area contributed by atoms with Crippen LogP contribution in [-0.4, -0.2) is 41.7 Å². The predicted molar refractivity (Wildman–Crippen MR) is 82.4 cm³/mol. The van der Waals surface area contributed by atoms with Crippen molar-refractivity contribution < 1.29 is 14.3 Å². The van der Waals surface area contributed by atoms with E-state index < -0.39 is 11.8 Å². The lowest BCUT2D eigenvalue weighted by molar-refractivity contribution is 0.0696. The molecule has 5 heteroatoms. The van der Waals surface area contributed by atoms with E-state index in [9.17, 15) is 9.18 Å². The molecule has 0 bridgehead atoms. The molecule has 1 heterocycles. The van der Waals surface area contributed by atoms with Crippen LogP contribution < -0.4 is 5.32 Å². The van der Waals surface area contributed by atoms with Gasteiger partial charge in [-0.2, -0.15) is 0 Å². The molecule has 1 aromatic rings. The maximum atomic E-state index is 14.0. The van der Waals surface area contributed by atoms with Crippen LogP contribution in [0.3, 0.4) is 0 Å². The Labute approximate surface area is 130 Å². The minimum atomic E-state index is -1.09. The number of carboxylic acid groups (broad SMARTS) is 1. The first-order valence-corrected chi connectivity index (χ1v) is 8.09. The van der Waals surface area contributed by atoms with Crippen LogP contribution in [0.5, 0.6) is 0 Å². The van der Waals surface area contributed by atoms with E-state index in [1.807, 2.05) is 0 Å². The highest BCUT2D eigenvalue weighted by atomic mass is 19.1. The molecule has 0 radical (unpaired) electrons. The van der Waals surface area contributed by atoms with Gasteiger partial charge in [0.25, 0.3) is 0 Å². The number of aromatic carboxylic acids is 1. The van der Waals surface area contributed by atoms with Crippen molar-refractivity contribution in [2.45, 2.75) is 38.3 Å². The number of carboxylic acids is 1. The fraction of sp³-hybridized carbons (Fsp3) is 0.588. The summed E-state index contributed by atoms with van der Waals surface area (Å²) in [6.45, 7) is 3.64. The Hall–Kier alpha value is -1.46. The number of benzene rings is 1. The van der Waals surface area contributed by atoms with Gasteiger partial charge in [0, 0.05) is 18.2 Å². The first-order chi connectivity index (χ1) is 10.6. The molecule has 0 aromatic heterocycles. The molecular formula is C17H23FN2O2. The lowest BCUT2D eigenvalue weighted by atomic mass is 9.96. The Kier molecular flexibility index (Phi) is 4.74. The number of likely N-dealkylation sites (tertiary alicyclic amines) is 1. The average Bonchev–Trinajstić information content (AvgIpc) is 3.32. The number of hydrogen-bond acceptors (Lipinski definition) is 3. The zero-order chi connectivity index (χ0) is 15.5. The standard InChI is InChI=1S/C17H23FN2O2/c18-16-9-13(17(21)22)1-2-14(16)11-20-7-5-12(6-8-20)10-19-15-3-4-15/h1-2,9,12,15,19H,3-8,10-11H2,(H,21,22). The van der Waals surface area contributed by atoms with E-state index in [0.717, 1.165) is 50.5 Å². The van der Waals surface area contributed by atoms with E-state index in [0.29, 0.717) is 12.1 Å². The van der Waals surface area contributed by atoms with E-state index in [-0.39, 0.29) is 5.56 Å². The first kappa shape index (κ1) is 15.4. The lowest BCUT2D eigenvalue weighted by Gasteiger charge is -2.32. The van der Waals surface area contributed by atoms with Gasteiger partial charge in [-0.15, -0.1) is 0 Å². The van der Waals surface area contributed by atoms with E-state index >= 15 is 0 Å². The highest BCUT2D eigenvalue weighted by Crippen LogP contribution is 2.23. The summed E-state index contributed by atoms with van der Waals surface area (Å²) >= 11 is 0. The molecular weight excluding hydrogens is 283 g/mol. The zero-order valence-corrected chi connectivity index (χ0v) is 12.7. The minimum absolute atomic E-state index is 0.00566. The van der Waals surface area contributed by atoms with Gasteiger partial charge in [0.15, 0.2) is 0 Å². The Balaban J connectivity index is 1.48. The zero-order valence-electron chi connectivity index (χ0n) is 12.7. The average molecular weight is 306 g/mol. The van der Waals surface area contributed by atoms with Crippen LogP contribution >= 0.6 is 0 Å². The van der Waals surface area contributed by atoms with E-state index in [4.69, 9.17) is 5.11 Å². The first-order valence-electron chi connectivity index (χ1n) is 8.09. The van der Waals surface area contributed by atoms with Gasteiger partial charge in [-0.3, -0.25) is 4.90 Å². The molecule has 1 aromatic carbocycles. The number of rotatable bonds is 6.